The van der Waals surface area contributed by atoms with Gasteiger partial charge in [-0.05, 0) is 36.8 Å². The monoisotopic (exact) mass is 290 g/mol. The van der Waals surface area contributed by atoms with Crippen LogP contribution in [0.3, 0.4) is 0 Å². The van der Waals surface area contributed by atoms with Crippen molar-refractivity contribution < 1.29 is 9.53 Å². The molecule has 1 aromatic carbocycles. The molecule has 20 heavy (non-hydrogen) atoms. The van der Waals surface area contributed by atoms with Crippen LogP contribution in [0.25, 0.3) is 0 Å². The van der Waals surface area contributed by atoms with Gasteiger partial charge >= 0.3 is 0 Å². The minimum Gasteiger partial charge on any atom is -0.482 e. The molecule has 0 aliphatic rings. The number of amides is 1. The highest BCUT2D eigenvalue weighted by atomic mass is 35.5. The van der Waals surface area contributed by atoms with Gasteiger partial charge in [0.15, 0.2) is 6.61 Å². The molecule has 0 aliphatic heterocycles. The summed E-state index contributed by atoms with van der Waals surface area (Å²) in [6.45, 7) is 1.84. The highest BCUT2D eigenvalue weighted by Gasteiger charge is 2.10. The maximum atomic E-state index is 11.8. The van der Waals surface area contributed by atoms with Gasteiger partial charge in [0.1, 0.15) is 5.75 Å². The molecule has 5 heteroatoms. The maximum absolute atomic E-state index is 11.8. The number of nitrogens with zero attached hydrogens (tertiary/aromatic N) is 1. The van der Waals surface area contributed by atoms with E-state index in [1.54, 1.807) is 36.7 Å². The molecule has 0 aliphatic carbocycles. The van der Waals surface area contributed by atoms with Gasteiger partial charge in [-0.3, -0.25) is 9.78 Å². The molecule has 0 fully saturated rings. The van der Waals surface area contributed by atoms with Crippen molar-refractivity contribution in [2.75, 3.05) is 6.61 Å². The fourth-order valence-corrected chi connectivity index (χ4v) is 1.91. The highest BCUT2D eigenvalue weighted by molar-refractivity contribution is 6.32. The normalized spacial score (nSPS) is 11.7. The number of carbonyl (C=O) groups is 1. The summed E-state index contributed by atoms with van der Waals surface area (Å²) in [5.74, 6) is 0.301. The van der Waals surface area contributed by atoms with Crippen LogP contribution in [0, 0.1) is 0 Å². The number of benzene rings is 1. The molecule has 1 atom stereocenters. The Bertz CT molecular complexity index is 575. The number of ether oxygens (including phenoxy) is 1. The Morgan fingerprint density at radius 3 is 2.70 bits per heavy atom. The van der Waals surface area contributed by atoms with E-state index in [0.29, 0.717) is 10.8 Å². The molecule has 1 amide bonds. The fraction of sp³-hybridized carbons (Fsp3) is 0.200. The van der Waals surface area contributed by atoms with Gasteiger partial charge in [-0.15, -0.1) is 0 Å². The Labute approximate surface area is 122 Å². The van der Waals surface area contributed by atoms with Crippen LogP contribution in [0.5, 0.6) is 5.75 Å². The molecule has 0 bridgehead atoms. The Balaban J connectivity index is 1.86. The molecular weight excluding hydrogens is 276 g/mol. The number of hydrogen-bond donors (Lipinski definition) is 1. The van der Waals surface area contributed by atoms with Crippen molar-refractivity contribution in [2.24, 2.45) is 0 Å². The molecule has 1 N–H and O–H groups in total. The van der Waals surface area contributed by atoms with Gasteiger partial charge in [0.25, 0.3) is 5.91 Å². The van der Waals surface area contributed by atoms with E-state index in [4.69, 9.17) is 16.3 Å². The number of hydrogen-bond acceptors (Lipinski definition) is 3. The number of halogens is 1. The van der Waals surface area contributed by atoms with E-state index in [0.717, 1.165) is 5.56 Å². The first-order valence-corrected chi connectivity index (χ1v) is 6.61. The zero-order chi connectivity index (χ0) is 14.4. The average Bonchev–Trinajstić information content (AvgIpc) is 2.47. The third-order valence-corrected chi connectivity index (χ3v) is 3.09. The lowest BCUT2D eigenvalue weighted by molar-refractivity contribution is -0.123. The van der Waals surface area contributed by atoms with Crippen molar-refractivity contribution in [2.45, 2.75) is 13.0 Å². The van der Waals surface area contributed by atoms with Crippen molar-refractivity contribution in [3.8, 4) is 5.75 Å². The van der Waals surface area contributed by atoms with Crippen molar-refractivity contribution in [1.82, 2.24) is 10.3 Å². The van der Waals surface area contributed by atoms with E-state index >= 15 is 0 Å². The summed E-state index contributed by atoms with van der Waals surface area (Å²) in [4.78, 5) is 15.8. The van der Waals surface area contributed by atoms with Crippen LogP contribution in [0.4, 0.5) is 0 Å². The van der Waals surface area contributed by atoms with E-state index in [1.807, 2.05) is 19.1 Å². The van der Waals surface area contributed by atoms with Gasteiger partial charge in [0.05, 0.1) is 11.1 Å². The first kappa shape index (κ1) is 14.3. The maximum Gasteiger partial charge on any atom is 0.258 e. The number of pyridine rings is 1. The van der Waals surface area contributed by atoms with Crippen LogP contribution in [-0.4, -0.2) is 17.5 Å². The molecule has 1 aromatic heterocycles. The van der Waals surface area contributed by atoms with Crippen LogP contribution in [0.2, 0.25) is 5.02 Å². The van der Waals surface area contributed by atoms with Gasteiger partial charge in [-0.25, -0.2) is 0 Å². The standard InChI is InChI=1S/C15H15ClN2O2/c1-11(12-6-8-17-9-7-12)18-15(19)10-20-14-5-3-2-4-13(14)16/h2-9,11H,10H2,1H3,(H,18,19). The summed E-state index contributed by atoms with van der Waals surface area (Å²) < 4.78 is 5.38. The molecule has 4 nitrogen and oxygen atoms in total. The molecule has 0 saturated heterocycles. The molecular formula is C15H15ClN2O2. The molecule has 2 aromatic rings. The zero-order valence-corrected chi connectivity index (χ0v) is 11.8. The number of nitrogens with one attached hydrogen (secondary N) is 1. The minimum atomic E-state index is -0.200. The van der Waals surface area contributed by atoms with Crippen molar-refractivity contribution in [3.05, 3.63) is 59.4 Å². The average molecular weight is 291 g/mol. The minimum absolute atomic E-state index is 0.0703. The van der Waals surface area contributed by atoms with Gasteiger partial charge in [0.2, 0.25) is 0 Å². The predicted molar refractivity (Wildman–Crippen MR) is 77.7 cm³/mol. The van der Waals surface area contributed by atoms with E-state index in [9.17, 15) is 4.79 Å². The summed E-state index contributed by atoms with van der Waals surface area (Å²) in [5.41, 5.74) is 0.992. The first-order chi connectivity index (χ1) is 9.66. The van der Waals surface area contributed by atoms with Crippen LogP contribution in [-0.2, 0) is 4.79 Å². The Hall–Kier alpha value is -2.07. The second-order valence-electron chi connectivity index (χ2n) is 4.29. The quantitative estimate of drug-likeness (QED) is 0.921. The largest absolute Gasteiger partial charge is 0.482 e. The molecule has 104 valence electrons. The number of aromatic nitrogens is 1. The first-order valence-electron chi connectivity index (χ1n) is 6.23. The van der Waals surface area contributed by atoms with Crippen molar-refractivity contribution in [3.63, 3.8) is 0 Å². The summed E-state index contributed by atoms with van der Waals surface area (Å²) in [5, 5.41) is 3.34. The number of carbonyl (C=O) groups excluding carboxylic acids is 1. The van der Waals surface area contributed by atoms with E-state index in [-0.39, 0.29) is 18.6 Å². The topological polar surface area (TPSA) is 51.2 Å². The summed E-state index contributed by atoms with van der Waals surface area (Å²) in [6.07, 6.45) is 3.39. The molecule has 0 saturated carbocycles. The Kier molecular flexibility index (Phi) is 4.96. The van der Waals surface area contributed by atoms with Gasteiger partial charge in [-0.1, -0.05) is 23.7 Å². The second-order valence-corrected chi connectivity index (χ2v) is 4.70. The summed E-state index contributed by atoms with van der Waals surface area (Å²) >= 11 is 5.95. The van der Waals surface area contributed by atoms with E-state index in [1.165, 1.54) is 0 Å². The van der Waals surface area contributed by atoms with Gasteiger partial charge in [-0.2, -0.15) is 0 Å². The zero-order valence-electron chi connectivity index (χ0n) is 11.0. The van der Waals surface area contributed by atoms with Crippen molar-refractivity contribution in [1.29, 1.82) is 0 Å². The number of rotatable bonds is 5. The van der Waals surface area contributed by atoms with Crippen LogP contribution < -0.4 is 10.1 Å². The summed E-state index contributed by atoms with van der Waals surface area (Å²) in [7, 11) is 0. The molecule has 2 rings (SSSR count). The molecule has 1 unspecified atom stereocenters. The Morgan fingerprint density at radius 2 is 2.00 bits per heavy atom. The molecule has 0 spiro atoms. The lowest BCUT2D eigenvalue weighted by atomic mass is 10.1. The van der Waals surface area contributed by atoms with Crippen molar-refractivity contribution >= 4 is 17.5 Å². The predicted octanol–water partition coefficient (Wildman–Crippen LogP) is 2.99. The Morgan fingerprint density at radius 1 is 1.30 bits per heavy atom. The molecule has 0 radical (unpaired) electrons. The smallest absolute Gasteiger partial charge is 0.258 e. The number of para-hydroxylation sites is 1. The second kappa shape index (κ2) is 6.91. The lowest BCUT2D eigenvalue weighted by Gasteiger charge is -2.14. The van der Waals surface area contributed by atoms with Crippen LogP contribution in [0.15, 0.2) is 48.8 Å². The highest BCUT2D eigenvalue weighted by Crippen LogP contribution is 2.22. The fourth-order valence-electron chi connectivity index (χ4n) is 1.72. The molecule has 1 heterocycles. The lowest BCUT2D eigenvalue weighted by Crippen LogP contribution is -2.31. The van der Waals surface area contributed by atoms with Crippen LogP contribution >= 0.6 is 11.6 Å². The van der Waals surface area contributed by atoms with E-state index < -0.39 is 0 Å². The summed E-state index contributed by atoms with van der Waals surface area (Å²) in [6, 6.07) is 10.7. The van der Waals surface area contributed by atoms with Crippen LogP contribution in [0.1, 0.15) is 18.5 Å². The SMILES string of the molecule is CC(NC(=O)COc1ccccc1Cl)c1ccncc1. The van der Waals surface area contributed by atoms with Gasteiger partial charge in [0, 0.05) is 12.4 Å². The van der Waals surface area contributed by atoms with Gasteiger partial charge < -0.3 is 10.1 Å². The third kappa shape index (κ3) is 3.96. The third-order valence-electron chi connectivity index (χ3n) is 2.78. The van der Waals surface area contributed by atoms with E-state index in [2.05, 4.69) is 10.3 Å².